The van der Waals surface area contributed by atoms with Gasteiger partial charge in [-0.25, -0.2) is 9.78 Å². The molecule has 1 aromatic heterocycles. The average molecular weight is 363 g/mol. The van der Waals surface area contributed by atoms with Crippen LogP contribution in [-0.2, 0) is 9.47 Å². The predicted octanol–water partition coefficient (Wildman–Crippen LogP) is 3.59. The molecule has 0 aromatic carbocycles. The van der Waals surface area contributed by atoms with E-state index in [9.17, 15) is 9.90 Å². The van der Waals surface area contributed by atoms with Crippen molar-refractivity contribution in [2.75, 3.05) is 6.61 Å². The van der Waals surface area contributed by atoms with Crippen molar-refractivity contribution in [3.63, 3.8) is 0 Å². The van der Waals surface area contributed by atoms with Gasteiger partial charge in [0.05, 0.1) is 23.6 Å². The quantitative estimate of drug-likeness (QED) is 0.889. The lowest BCUT2D eigenvalue weighted by atomic mass is 10.1. The molecule has 1 amide bonds. The van der Waals surface area contributed by atoms with Crippen LogP contribution in [0.1, 0.15) is 52.0 Å². The molecule has 0 saturated carbocycles. The van der Waals surface area contributed by atoms with Crippen molar-refractivity contribution in [2.45, 2.75) is 64.5 Å². The van der Waals surface area contributed by atoms with Crippen molar-refractivity contribution in [1.29, 1.82) is 0 Å². The molecule has 0 unspecified atom stereocenters. The minimum absolute atomic E-state index is 0.282. The van der Waals surface area contributed by atoms with Crippen LogP contribution in [0, 0.1) is 0 Å². The van der Waals surface area contributed by atoms with E-state index in [1.165, 1.54) is 11.3 Å². The number of aromatic nitrogens is 1. The Bertz CT molecular complexity index is 570. The smallest absolute Gasteiger partial charge is 0.412 e. The number of carbonyl (C=O) groups is 1. The molecule has 23 heavy (non-hydrogen) atoms. The maximum absolute atomic E-state index is 12.5. The van der Waals surface area contributed by atoms with Gasteiger partial charge >= 0.3 is 6.09 Å². The van der Waals surface area contributed by atoms with Gasteiger partial charge in [-0.1, -0.05) is 11.6 Å². The fraction of sp³-hybridized carbons (Fsp3) is 0.733. The van der Waals surface area contributed by atoms with Gasteiger partial charge in [-0.3, -0.25) is 4.90 Å². The molecule has 0 spiro atoms. The summed E-state index contributed by atoms with van der Waals surface area (Å²) in [5.41, 5.74) is -1.37. The molecule has 1 fully saturated rings. The van der Waals surface area contributed by atoms with Crippen molar-refractivity contribution >= 4 is 29.0 Å². The van der Waals surface area contributed by atoms with Crippen molar-refractivity contribution < 1.29 is 19.4 Å². The highest BCUT2D eigenvalue weighted by Crippen LogP contribution is 2.35. The topological polar surface area (TPSA) is 71.9 Å². The Labute approximate surface area is 145 Å². The molecule has 1 aliphatic heterocycles. The van der Waals surface area contributed by atoms with Crippen molar-refractivity contribution in [2.24, 2.45) is 0 Å². The Hall–Kier alpha value is -0.890. The molecule has 0 aliphatic carbocycles. The number of nitrogens with zero attached hydrogens (tertiary/aromatic N) is 2. The lowest BCUT2D eigenvalue weighted by Crippen LogP contribution is -2.50. The molecule has 2 rings (SSSR count). The maximum atomic E-state index is 12.5. The molecule has 2 heterocycles. The van der Waals surface area contributed by atoms with E-state index >= 15 is 0 Å². The highest BCUT2D eigenvalue weighted by molar-refractivity contribution is 7.15. The van der Waals surface area contributed by atoms with Gasteiger partial charge in [0.2, 0.25) is 0 Å². The fourth-order valence-corrected chi connectivity index (χ4v) is 3.48. The van der Waals surface area contributed by atoms with Crippen LogP contribution in [-0.4, -0.2) is 45.1 Å². The first-order valence-corrected chi connectivity index (χ1v) is 8.64. The van der Waals surface area contributed by atoms with E-state index in [2.05, 4.69) is 4.98 Å². The molecule has 2 atom stereocenters. The SMILES string of the molecule is CC(C)(C)OC(=O)N1[C@@H](C[C@@H](O)c2cnc(Cl)s2)COC1(C)C. The van der Waals surface area contributed by atoms with Gasteiger partial charge in [0.15, 0.2) is 4.47 Å². The molecule has 130 valence electrons. The number of amides is 1. The summed E-state index contributed by atoms with van der Waals surface area (Å²) in [4.78, 5) is 18.7. The van der Waals surface area contributed by atoms with E-state index < -0.39 is 23.5 Å². The normalized spacial score (nSPS) is 22.2. The zero-order chi connectivity index (χ0) is 17.4. The molecule has 1 N–H and O–H groups in total. The summed E-state index contributed by atoms with van der Waals surface area (Å²) in [5.74, 6) is 0. The standard InChI is InChI=1S/C15H23ClN2O4S/c1-14(2,3)22-13(20)18-9(8-21-15(18,4)5)6-10(19)11-7-17-12(16)23-11/h7,9-10,19H,6,8H2,1-5H3/t9-,10+/m0/s1. The van der Waals surface area contributed by atoms with E-state index in [4.69, 9.17) is 21.1 Å². The van der Waals surface area contributed by atoms with Crippen molar-refractivity contribution in [1.82, 2.24) is 9.88 Å². The van der Waals surface area contributed by atoms with Crippen LogP contribution >= 0.6 is 22.9 Å². The molecule has 8 heteroatoms. The zero-order valence-corrected chi connectivity index (χ0v) is 15.6. The third-order valence-electron chi connectivity index (χ3n) is 3.48. The van der Waals surface area contributed by atoms with E-state index in [0.717, 1.165) is 0 Å². The van der Waals surface area contributed by atoms with Gasteiger partial charge in [0.25, 0.3) is 0 Å². The van der Waals surface area contributed by atoms with Crippen LogP contribution in [0.3, 0.4) is 0 Å². The highest BCUT2D eigenvalue weighted by Gasteiger charge is 2.46. The minimum Gasteiger partial charge on any atom is -0.444 e. The van der Waals surface area contributed by atoms with Crippen molar-refractivity contribution in [3.8, 4) is 0 Å². The third kappa shape index (κ3) is 4.56. The third-order valence-corrected chi connectivity index (χ3v) is 4.70. The largest absolute Gasteiger partial charge is 0.444 e. The average Bonchev–Trinajstić information content (AvgIpc) is 2.91. The number of aliphatic hydroxyl groups excluding tert-OH is 1. The van der Waals surface area contributed by atoms with Gasteiger partial charge in [-0.2, -0.15) is 0 Å². The first-order chi connectivity index (χ1) is 10.5. The molecular weight excluding hydrogens is 340 g/mol. The zero-order valence-electron chi connectivity index (χ0n) is 14.0. The van der Waals surface area contributed by atoms with Gasteiger partial charge in [0, 0.05) is 12.6 Å². The summed E-state index contributed by atoms with van der Waals surface area (Å²) >= 11 is 7.03. The second-order valence-electron chi connectivity index (χ2n) is 7.03. The van der Waals surface area contributed by atoms with Crippen molar-refractivity contribution in [3.05, 3.63) is 15.5 Å². The lowest BCUT2D eigenvalue weighted by molar-refractivity contribution is -0.0637. The lowest BCUT2D eigenvalue weighted by Gasteiger charge is -2.35. The van der Waals surface area contributed by atoms with E-state index in [1.807, 2.05) is 34.6 Å². The summed E-state index contributed by atoms with van der Waals surface area (Å²) in [5, 5.41) is 10.4. The summed E-state index contributed by atoms with van der Waals surface area (Å²) in [6.45, 7) is 9.42. The number of rotatable bonds is 3. The van der Waals surface area contributed by atoms with Gasteiger partial charge in [0.1, 0.15) is 11.3 Å². The number of aliphatic hydroxyl groups is 1. The maximum Gasteiger partial charge on any atom is 0.412 e. The molecule has 1 aromatic rings. The molecule has 1 aliphatic rings. The Kier molecular flexibility index (Phi) is 5.25. The monoisotopic (exact) mass is 362 g/mol. The Morgan fingerprint density at radius 2 is 2.30 bits per heavy atom. The minimum atomic E-state index is -0.780. The number of carbonyl (C=O) groups excluding carboxylic acids is 1. The Morgan fingerprint density at radius 1 is 1.65 bits per heavy atom. The molecule has 6 nitrogen and oxygen atoms in total. The summed E-state index contributed by atoms with van der Waals surface area (Å²) in [6, 6.07) is -0.282. The molecule has 0 radical (unpaired) electrons. The van der Waals surface area contributed by atoms with E-state index in [1.54, 1.807) is 11.1 Å². The van der Waals surface area contributed by atoms with Crippen LogP contribution in [0.5, 0.6) is 0 Å². The molecule has 1 saturated heterocycles. The first-order valence-electron chi connectivity index (χ1n) is 7.45. The summed E-state index contributed by atoms with van der Waals surface area (Å²) in [7, 11) is 0. The van der Waals surface area contributed by atoms with Crippen LogP contribution in [0.4, 0.5) is 4.79 Å². The van der Waals surface area contributed by atoms with E-state index in [0.29, 0.717) is 22.4 Å². The second kappa shape index (κ2) is 6.55. The first kappa shape index (κ1) is 18.4. The van der Waals surface area contributed by atoms with Gasteiger partial charge in [-0.05, 0) is 34.6 Å². The number of halogens is 1. The highest BCUT2D eigenvalue weighted by atomic mass is 35.5. The van der Waals surface area contributed by atoms with Crippen LogP contribution < -0.4 is 0 Å². The van der Waals surface area contributed by atoms with Crippen LogP contribution in [0.25, 0.3) is 0 Å². The number of ether oxygens (including phenoxy) is 2. The fourth-order valence-electron chi connectivity index (χ4n) is 2.53. The summed E-state index contributed by atoms with van der Waals surface area (Å²) in [6.07, 6.45) is 0.685. The molecular formula is C15H23ClN2O4S. The second-order valence-corrected chi connectivity index (χ2v) is 8.67. The van der Waals surface area contributed by atoms with Gasteiger partial charge < -0.3 is 14.6 Å². The molecule has 0 bridgehead atoms. The predicted molar refractivity (Wildman–Crippen MR) is 88.6 cm³/mol. The van der Waals surface area contributed by atoms with E-state index in [-0.39, 0.29) is 6.04 Å². The Balaban J connectivity index is 2.12. The Morgan fingerprint density at radius 3 is 2.83 bits per heavy atom. The number of hydrogen-bond donors (Lipinski definition) is 1. The van der Waals surface area contributed by atoms with Crippen LogP contribution in [0.2, 0.25) is 4.47 Å². The number of thiazole rings is 1. The van der Waals surface area contributed by atoms with Gasteiger partial charge in [-0.15, -0.1) is 11.3 Å². The number of hydrogen-bond acceptors (Lipinski definition) is 6. The van der Waals surface area contributed by atoms with Crippen LogP contribution in [0.15, 0.2) is 6.20 Å². The summed E-state index contributed by atoms with van der Waals surface area (Å²) < 4.78 is 11.6.